The topological polar surface area (TPSA) is 84.2 Å². The third-order valence-corrected chi connectivity index (χ3v) is 5.21. The van der Waals surface area contributed by atoms with Gasteiger partial charge in [0.05, 0.1) is 0 Å². The number of aryl methyl sites for hydroxylation is 2. The van der Waals surface area contributed by atoms with Gasteiger partial charge in [-0.15, -0.1) is 0 Å². The lowest BCUT2D eigenvalue weighted by molar-refractivity contribution is 0.0684. The Kier molecular flexibility index (Phi) is 5.55. The van der Waals surface area contributed by atoms with Crippen molar-refractivity contribution >= 4 is 17.5 Å². The Labute approximate surface area is 170 Å². The van der Waals surface area contributed by atoms with Crippen LogP contribution in [0.1, 0.15) is 40.5 Å². The molecule has 0 spiro atoms. The monoisotopic (exact) mass is 391 g/mol. The number of likely N-dealkylation sites (tertiary alicyclic amines) is 1. The van der Waals surface area contributed by atoms with Gasteiger partial charge in [0.25, 0.3) is 5.91 Å². The second kappa shape index (κ2) is 8.43. The number of piperidine rings is 1. The summed E-state index contributed by atoms with van der Waals surface area (Å²) < 4.78 is 5.06. The van der Waals surface area contributed by atoms with Gasteiger partial charge in [-0.3, -0.25) is 4.79 Å². The van der Waals surface area contributed by atoms with E-state index in [2.05, 4.69) is 44.7 Å². The molecule has 1 fully saturated rings. The molecule has 0 saturated carbocycles. The first kappa shape index (κ1) is 19.1. The molecule has 1 aliphatic rings. The number of carbonyl (C=O) groups is 1. The lowest BCUT2D eigenvalue weighted by Gasteiger charge is -2.32. The van der Waals surface area contributed by atoms with E-state index in [1.807, 2.05) is 17.9 Å². The van der Waals surface area contributed by atoms with E-state index in [-0.39, 0.29) is 5.91 Å². The van der Waals surface area contributed by atoms with Crippen molar-refractivity contribution in [2.75, 3.05) is 18.4 Å². The lowest BCUT2D eigenvalue weighted by atomic mass is 9.90. The van der Waals surface area contributed by atoms with Gasteiger partial charge in [-0.1, -0.05) is 35.5 Å². The number of amides is 1. The van der Waals surface area contributed by atoms with Gasteiger partial charge in [-0.05, 0) is 44.6 Å². The van der Waals surface area contributed by atoms with Crippen LogP contribution in [0.5, 0.6) is 0 Å². The van der Waals surface area contributed by atoms with Crippen molar-refractivity contribution in [2.45, 2.75) is 33.1 Å². The summed E-state index contributed by atoms with van der Waals surface area (Å²) in [5.41, 5.74) is 1.77. The number of nitrogens with zero attached hydrogens (tertiary/aromatic N) is 4. The number of rotatable bonds is 5. The van der Waals surface area contributed by atoms with E-state index in [1.165, 1.54) is 5.56 Å². The van der Waals surface area contributed by atoms with E-state index in [4.69, 9.17) is 4.52 Å². The fraction of sp³-hybridized carbons (Fsp3) is 0.364. The summed E-state index contributed by atoms with van der Waals surface area (Å²) in [4.78, 5) is 23.6. The Bertz CT molecular complexity index is 978. The lowest BCUT2D eigenvalue weighted by Crippen LogP contribution is -2.39. The molecule has 0 atom stereocenters. The molecule has 4 rings (SSSR count). The zero-order valence-corrected chi connectivity index (χ0v) is 16.8. The molecule has 1 aliphatic heterocycles. The van der Waals surface area contributed by atoms with Crippen molar-refractivity contribution < 1.29 is 9.32 Å². The average Bonchev–Trinajstić information content (AvgIpc) is 3.13. The Balaban J connectivity index is 1.39. The third kappa shape index (κ3) is 4.80. The number of hydrogen-bond acceptors (Lipinski definition) is 6. The first-order valence-electron chi connectivity index (χ1n) is 9.96. The van der Waals surface area contributed by atoms with Crippen LogP contribution in [0, 0.1) is 19.8 Å². The molecular formula is C22H25N5O2. The zero-order chi connectivity index (χ0) is 20.2. The summed E-state index contributed by atoms with van der Waals surface area (Å²) in [5.74, 6) is 2.90. The van der Waals surface area contributed by atoms with Gasteiger partial charge in [0.1, 0.15) is 23.1 Å². The van der Waals surface area contributed by atoms with E-state index in [1.54, 1.807) is 19.1 Å². The van der Waals surface area contributed by atoms with Crippen molar-refractivity contribution in [3.63, 3.8) is 0 Å². The van der Waals surface area contributed by atoms with Crippen LogP contribution < -0.4 is 5.32 Å². The van der Waals surface area contributed by atoms with E-state index in [0.29, 0.717) is 34.8 Å². The van der Waals surface area contributed by atoms with E-state index >= 15 is 0 Å². The number of carbonyl (C=O) groups excluding carboxylic acids is 1. The fourth-order valence-corrected chi connectivity index (χ4v) is 3.75. The minimum atomic E-state index is -0.0481. The van der Waals surface area contributed by atoms with E-state index < -0.39 is 0 Å². The van der Waals surface area contributed by atoms with Gasteiger partial charge >= 0.3 is 0 Å². The molecule has 1 N–H and O–H groups in total. The molecule has 1 amide bonds. The largest absolute Gasteiger partial charge is 0.360 e. The van der Waals surface area contributed by atoms with Gasteiger partial charge in [0.2, 0.25) is 0 Å². The summed E-state index contributed by atoms with van der Waals surface area (Å²) in [7, 11) is 0. The predicted molar refractivity (Wildman–Crippen MR) is 110 cm³/mol. The second-order valence-electron chi connectivity index (χ2n) is 7.56. The van der Waals surface area contributed by atoms with E-state index in [0.717, 1.165) is 32.4 Å². The minimum Gasteiger partial charge on any atom is -0.360 e. The van der Waals surface area contributed by atoms with Crippen LogP contribution in [-0.2, 0) is 6.42 Å². The molecule has 7 nitrogen and oxygen atoms in total. The van der Waals surface area contributed by atoms with Crippen LogP contribution in [0.25, 0.3) is 0 Å². The summed E-state index contributed by atoms with van der Waals surface area (Å²) in [6.07, 6.45) is 3.09. The van der Waals surface area contributed by atoms with Crippen molar-refractivity contribution in [3.8, 4) is 0 Å². The number of nitrogens with one attached hydrogen (secondary N) is 1. The first-order chi connectivity index (χ1) is 14.1. The maximum atomic E-state index is 13.0. The van der Waals surface area contributed by atoms with Crippen LogP contribution in [0.15, 0.2) is 47.0 Å². The number of hydrogen-bond donors (Lipinski definition) is 1. The average molecular weight is 391 g/mol. The van der Waals surface area contributed by atoms with Crippen molar-refractivity contribution in [1.82, 2.24) is 20.0 Å². The summed E-state index contributed by atoms with van der Waals surface area (Å²) in [5, 5.41) is 6.98. The number of aromatic nitrogens is 3. The van der Waals surface area contributed by atoms with Crippen LogP contribution in [0.2, 0.25) is 0 Å². The van der Waals surface area contributed by atoms with Crippen LogP contribution >= 0.6 is 0 Å². The third-order valence-electron chi connectivity index (χ3n) is 5.21. The molecule has 150 valence electrons. The van der Waals surface area contributed by atoms with Crippen LogP contribution in [-0.4, -0.2) is 39.0 Å². The Morgan fingerprint density at radius 3 is 2.55 bits per heavy atom. The predicted octanol–water partition coefficient (Wildman–Crippen LogP) is 3.92. The van der Waals surface area contributed by atoms with Gasteiger partial charge in [0, 0.05) is 25.2 Å². The van der Waals surface area contributed by atoms with Gasteiger partial charge in [-0.25, -0.2) is 9.97 Å². The van der Waals surface area contributed by atoms with Gasteiger partial charge < -0.3 is 14.7 Å². The highest BCUT2D eigenvalue weighted by atomic mass is 16.5. The highest BCUT2D eigenvalue weighted by Crippen LogP contribution is 2.23. The highest BCUT2D eigenvalue weighted by molar-refractivity contribution is 5.93. The van der Waals surface area contributed by atoms with Gasteiger partial charge in [-0.2, -0.15) is 0 Å². The quantitative estimate of drug-likeness (QED) is 0.710. The summed E-state index contributed by atoms with van der Waals surface area (Å²) in [6.45, 7) is 5.11. The molecule has 1 aromatic carbocycles. The smallest absolute Gasteiger partial charge is 0.272 e. The molecule has 2 aromatic heterocycles. The molecule has 29 heavy (non-hydrogen) atoms. The van der Waals surface area contributed by atoms with Gasteiger partial charge in [0.15, 0.2) is 5.82 Å². The molecule has 0 radical (unpaired) electrons. The number of benzene rings is 1. The fourth-order valence-electron chi connectivity index (χ4n) is 3.75. The van der Waals surface area contributed by atoms with Crippen molar-refractivity contribution in [1.29, 1.82) is 0 Å². The molecule has 0 unspecified atom stereocenters. The SMILES string of the molecule is Cc1nc(Nc2cc(C)on2)cc(C(=O)N2CCC(Cc3ccccc3)CC2)n1. The molecule has 1 saturated heterocycles. The molecule has 0 aliphatic carbocycles. The molecular weight excluding hydrogens is 366 g/mol. The minimum absolute atomic E-state index is 0.0481. The van der Waals surface area contributed by atoms with Crippen molar-refractivity contribution in [3.05, 3.63) is 65.3 Å². The van der Waals surface area contributed by atoms with Crippen molar-refractivity contribution in [2.24, 2.45) is 5.92 Å². The second-order valence-corrected chi connectivity index (χ2v) is 7.56. The molecule has 0 bridgehead atoms. The van der Waals surface area contributed by atoms with Crippen LogP contribution in [0.4, 0.5) is 11.6 Å². The maximum Gasteiger partial charge on any atom is 0.272 e. The van der Waals surface area contributed by atoms with E-state index in [9.17, 15) is 4.79 Å². The molecule has 3 aromatic rings. The first-order valence-corrected chi connectivity index (χ1v) is 9.96. The molecule has 7 heteroatoms. The molecule has 3 heterocycles. The zero-order valence-electron chi connectivity index (χ0n) is 16.8. The number of anilines is 2. The summed E-state index contributed by atoms with van der Waals surface area (Å²) in [6, 6.07) is 14.0. The Morgan fingerprint density at radius 1 is 1.10 bits per heavy atom. The maximum absolute atomic E-state index is 13.0. The summed E-state index contributed by atoms with van der Waals surface area (Å²) >= 11 is 0. The standard InChI is InChI=1S/C22H25N5O2/c1-15-12-21(26-29-15)25-20-14-19(23-16(2)24-20)22(28)27-10-8-18(9-11-27)13-17-6-4-3-5-7-17/h3-7,12,14,18H,8-11,13H2,1-2H3,(H,23,24,25,26). The normalized spacial score (nSPS) is 14.8. The van der Waals surface area contributed by atoms with Crippen LogP contribution in [0.3, 0.4) is 0 Å². The highest BCUT2D eigenvalue weighted by Gasteiger charge is 2.25. The Hall–Kier alpha value is -3.22. The Morgan fingerprint density at radius 2 is 1.86 bits per heavy atom.